The van der Waals surface area contributed by atoms with Crippen molar-refractivity contribution in [3.63, 3.8) is 0 Å². The standard InChI is InChI=1S/C34H40O4/c1-37-15-4-2-3-8-32(34-20-23-16-24(21-34)18-25(17-23)22-34)38-29-14-13-26-6-5-7-30(31(26)19-29)27-9-11-28(12-10-27)33(35)36/h5-7,9-14,19,23-25,32H,2-4,8,15-18,20-22H2,1H3,(H,35,36). The summed E-state index contributed by atoms with van der Waals surface area (Å²) in [6, 6.07) is 20.1. The van der Waals surface area contributed by atoms with Crippen molar-refractivity contribution in [1.29, 1.82) is 0 Å². The van der Waals surface area contributed by atoms with Gasteiger partial charge in [-0.05, 0) is 122 Å². The highest BCUT2D eigenvalue weighted by atomic mass is 16.5. The van der Waals surface area contributed by atoms with Gasteiger partial charge in [0.1, 0.15) is 11.9 Å². The maximum absolute atomic E-state index is 11.3. The largest absolute Gasteiger partial charge is 0.490 e. The zero-order valence-electron chi connectivity index (χ0n) is 22.5. The molecule has 0 heterocycles. The summed E-state index contributed by atoms with van der Waals surface area (Å²) in [4.78, 5) is 11.3. The van der Waals surface area contributed by atoms with Crippen molar-refractivity contribution in [1.82, 2.24) is 0 Å². The van der Waals surface area contributed by atoms with Crippen molar-refractivity contribution < 1.29 is 19.4 Å². The lowest BCUT2D eigenvalue weighted by Crippen LogP contribution is -2.53. The van der Waals surface area contributed by atoms with Crippen molar-refractivity contribution >= 4 is 16.7 Å². The van der Waals surface area contributed by atoms with Gasteiger partial charge in [-0.2, -0.15) is 0 Å². The number of ether oxygens (including phenoxy) is 2. The molecule has 3 aromatic carbocycles. The molecule has 3 aromatic rings. The summed E-state index contributed by atoms with van der Waals surface area (Å²) in [5.41, 5.74) is 2.77. The van der Waals surface area contributed by atoms with E-state index in [4.69, 9.17) is 9.47 Å². The minimum atomic E-state index is -0.900. The van der Waals surface area contributed by atoms with E-state index in [9.17, 15) is 9.90 Å². The van der Waals surface area contributed by atoms with Crippen LogP contribution in [-0.4, -0.2) is 30.9 Å². The summed E-state index contributed by atoms with van der Waals surface area (Å²) < 4.78 is 12.3. The van der Waals surface area contributed by atoms with Gasteiger partial charge in [0.2, 0.25) is 0 Å². The van der Waals surface area contributed by atoms with E-state index in [2.05, 4.69) is 36.4 Å². The zero-order valence-corrected chi connectivity index (χ0v) is 22.5. The molecule has 0 aliphatic heterocycles. The maximum atomic E-state index is 11.3. The number of rotatable bonds is 11. The van der Waals surface area contributed by atoms with Crippen LogP contribution in [-0.2, 0) is 4.74 Å². The lowest BCUT2D eigenvalue weighted by atomic mass is 9.48. The van der Waals surface area contributed by atoms with Gasteiger partial charge in [0, 0.05) is 19.1 Å². The van der Waals surface area contributed by atoms with Gasteiger partial charge in [0.15, 0.2) is 0 Å². The van der Waals surface area contributed by atoms with Crippen LogP contribution in [0.15, 0.2) is 60.7 Å². The fourth-order valence-electron chi connectivity index (χ4n) is 8.35. The van der Waals surface area contributed by atoms with E-state index >= 15 is 0 Å². The molecule has 4 nitrogen and oxygen atoms in total. The summed E-state index contributed by atoms with van der Waals surface area (Å²) in [6.45, 7) is 0.837. The highest BCUT2D eigenvalue weighted by Crippen LogP contribution is 2.62. The number of hydrogen-bond acceptors (Lipinski definition) is 3. The van der Waals surface area contributed by atoms with Gasteiger partial charge in [-0.3, -0.25) is 0 Å². The highest BCUT2D eigenvalue weighted by molar-refractivity contribution is 5.98. The summed E-state index contributed by atoms with van der Waals surface area (Å²) in [5.74, 6) is 2.77. The average molecular weight is 513 g/mol. The quantitative estimate of drug-likeness (QED) is 0.262. The number of hydrogen-bond donors (Lipinski definition) is 1. The third-order valence-electron chi connectivity index (χ3n) is 9.66. The molecule has 4 aliphatic rings. The molecule has 200 valence electrons. The minimum absolute atomic E-state index is 0.262. The fourth-order valence-corrected chi connectivity index (χ4v) is 8.35. The highest BCUT2D eigenvalue weighted by Gasteiger charge is 2.54. The number of carbonyl (C=O) groups is 1. The predicted octanol–water partition coefficient (Wildman–Crippen LogP) is 8.38. The van der Waals surface area contributed by atoms with E-state index in [-0.39, 0.29) is 6.10 Å². The summed E-state index contributed by atoms with van der Waals surface area (Å²) in [5, 5.41) is 11.6. The molecule has 1 unspecified atom stereocenters. The number of unbranched alkanes of at least 4 members (excludes halogenated alkanes) is 2. The zero-order chi connectivity index (χ0) is 26.1. The fraction of sp³-hybridized carbons (Fsp3) is 0.500. The molecule has 4 fully saturated rings. The van der Waals surface area contributed by atoms with Crippen molar-refractivity contribution in [3.05, 3.63) is 66.2 Å². The first-order valence-electron chi connectivity index (χ1n) is 14.5. The molecule has 0 aromatic heterocycles. The van der Waals surface area contributed by atoms with Crippen molar-refractivity contribution in [2.24, 2.45) is 23.2 Å². The second-order valence-corrected chi connectivity index (χ2v) is 12.3. The molecule has 4 aliphatic carbocycles. The second kappa shape index (κ2) is 10.7. The molecule has 1 atom stereocenters. The van der Waals surface area contributed by atoms with Crippen LogP contribution in [0.25, 0.3) is 21.9 Å². The molecule has 0 amide bonds. The minimum Gasteiger partial charge on any atom is -0.490 e. The smallest absolute Gasteiger partial charge is 0.335 e. The first-order chi connectivity index (χ1) is 18.5. The van der Waals surface area contributed by atoms with Crippen LogP contribution < -0.4 is 4.74 Å². The number of carboxylic acids is 1. The van der Waals surface area contributed by atoms with E-state index in [1.165, 1.54) is 56.8 Å². The van der Waals surface area contributed by atoms with Crippen LogP contribution in [0.1, 0.15) is 74.6 Å². The number of fused-ring (bicyclic) bond motifs is 1. The first kappa shape index (κ1) is 25.4. The van der Waals surface area contributed by atoms with Crippen LogP contribution in [0.5, 0.6) is 5.75 Å². The van der Waals surface area contributed by atoms with Gasteiger partial charge >= 0.3 is 5.97 Å². The maximum Gasteiger partial charge on any atom is 0.335 e. The Balaban J connectivity index is 1.29. The predicted molar refractivity (Wildman–Crippen MR) is 152 cm³/mol. The Morgan fingerprint density at radius 2 is 1.63 bits per heavy atom. The summed E-state index contributed by atoms with van der Waals surface area (Å²) in [7, 11) is 1.79. The summed E-state index contributed by atoms with van der Waals surface area (Å²) in [6.07, 6.45) is 13.2. The molecular weight excluding hydrogens is 472 g/mol. The topological polar surface area (TPSA) is 55.8 Å². The molecule has 0 radical (unpaired) electrons. The van der Waals surface area contributed by atoms with Gasteiger partial charge in [-0.25, -0.2) is 4.79 Å². The van der Waals surface area contributed by atoms with E-state index in [0.717, 1.165) is 59.5 Å². The molecule has 0 spiro atoms. The van der Waals surface area contributed by atoms with E-state index in [1.54, 1.807) is 19.2 Å². The Bertz CT molecular complexity index is 1240. The van der Waals surface area contributed by atoms with Crippen molar-refractivity contribution in [2.45, 2.75) is 70.3 Å². The molecule has 4 saturated carbocycles. The first-order valence-corrected chi connectivity index (χ1v) is 14.5. The van der Waals surface area contributed by atoms with Gasteiger partial charge in [-0.15, -0.1) is 0 Å². The van der Waals surface area contributed by atoms with Gasteiger partial charge in [-0.1, -0.05) is 42.8 Å². The Hall–Kier alpha value is -2.85. The van der Waals surface area contributed by atoms with Gasteiger partial charge in [0.05, 0.1) is 5.56 Å². The normalized spacial score (nSPS) is 26.5. The Morgan fingerprint density at radius 1 is 0.921 bits per heavy atom. The van der Waals surface area contributed by atoms with Crippen LogP contribution in [0, 0.1) is 23.2 Å². The van der Waals surface area contributed by atoms with Crippen LogP contribution in [0.4, 0.5) is 0 Å². The number of carboxylic acid groups (broad SMARTS) is 1. The molecule has 7 rings (SSSR count). The molecule has 4 heteroatoms. The molecular formula is C34H40O4. The van der Waals surface area contributed by atoms with E-state index in [0.29, 0.717) is 11.0 Å². The average Bonchev–Trinajstić information content (AvgIpc) is 2.91. The van der Waals surface area contributed by atoms with Crippen molar-refractivity contribution in [2.75, 3.05) is 13.7 Å². The van der Waals surface area contributed by atoms with Gasteiger partial charge < -0.3 is 14.6 Å². The molecule has 1 N–H and O–H groups in total. The Morgan fingerprint density at radius 3 is 2.29 bits per heavy atom. The van der Waals surface area contributed by atoms with Crippen LogP contribution >= 0.6 is 0 Å². The lowest BCUT2D eigenvalue weighted by Gasteiger charge is -2.59. The number of benzene rings is 3. The molecule has 38 heavy (non-hydrogen) atoms. The third-order valence-corrected chi connectivity index (χ3v) is 9.66. The number of methoxy groups -OCH3 is 1. The second-order valence-electron chi connectivity index (χ2n) is 12.3. The SMILES string of the molecule is COCCCCCC(Oc1ccc2cccc(-c3ccc(C(=O)O)cc3)c2c1)C12CC3CC(CC(C3)C1)C2. The Labute approximate surface area is 226 Å². The monoisotopic (exact) mass is 512 g/mol. The lowest BCUT2D eigenvalue weighted by molar-refractivity contribution is -0.113. The summed E-state index contributed by atoms with van der Waals surface area (Å²) >= 11 is 0. The van der Waals surface area contributed by atoms with Crippen molar-refractivity contribution in [3.8, 4) is 16.9 Å². The van der Waals surface area contributed by atoms with Crippen LogP contribution in [0.3, 0.4) is 0 Å². The molecule has 4 bridgehead atoms. The van der Waals surface area contributed by atoms with Crippen LogP contribution in [0.2, 0.25) is 0 Å². The molecule has 0 saturated heterocycles. The van der Waals surface area contributed by atoms with E-state index in [1.807, 2.05) is 12.1 Å². The number of aromatic carboxylic acids is 1. The van der Waals surface area contributed by atoms with E-state index < -0.39 is 5.97 Å². The Kier molecular flexibility index (Phi) is 7.18. The third kappa shape index (κ3) is 5.08. The van der Waals surface area contributed by atoms with Gasteiger partial charge in [0.25, 0.3) is 0 Å².